The average Bonchev–Trinajstić information content (AvgIpc) is 3.29. The Morgan fingerprint density at radius 2 is 2.14 bits per heavy atom. The van der Waals surface area contributed by atoms with Crippen LogP contribution in [0.1, 0.15) is 35.2 Å². The first-order valence-electron chi connectivity index (χ1n) is 8.80. The van der Waals surface area contributed by atoms with Gasteiger partial charge in [0.1, 0.15) is 12.4 Å². The summed E-state index contributed by atoms with van der Waals surface area (Å²) in [6, 6.07) is 4.37. The SMILES string of the molecule is O=C1CCC(N2Cc3c(NC(=O)CCn4cnnn4)cccc3C2=O)C(=O)N1. The summed E-state index contributed by atoms with van der Waals surface area (Å²) in [5.74, 6) is -1.32. The third-order valence-electron chi connectivity index (χ3n) is 4.82. The van der Waals surface area contributed by atoms with E-state index >= 15 is 0 Å². The smallest absolute Gasteiger partial charge is 0.255 e. The van der Waals surface area contributed by atoms with E-state index in [9.17, 15) is 19.2 Å². The van der Waals surface area contributed by atoms with Crippen LogP contribution < -0.4 is 10.6 Å². The van der Waals surface area contributed by atoms with E-state index in [1.807, 2.05) is 0 Å². The molecule has 144 valence electrons. The van der Waals surface area contributed by atoms with E-state index in [0.717, 1.165) is 0 Å². The van der Waals surface area contributed by atoms with Gasteiger partial charge in [0.25, 0.3) is 5.91 Å². The number of amides is 4. The number of tetrazole rings is 1. The predicted octanol–water partition coefficient (Wildman–Crippen LogP) is -0.537. The van der Waals surface area contributed by atoms with Gasteiger partial charge in [0.15, 0.2) is 0 Å². The fourth-order valence-corrected chi connectivity index (χ4v) is 3.41. The van der Waals surface area contributed by atoms with E-state index in [0.29, 0.717) is 23.4 Å². The molecule has 1 atom stereocenters. The van der Waals surface area contributed by atoms with Crippen LogP contribution in [0.15, 0.2) is 24.5 Å². The second-order valence-corrected chi connectivity index (χ2v) is 6.60. The summed E-state index contributed by atoms with van der Waals surface area (Å²) in [5, 5.41) is 15.8. The summed E-state index contributed by atoms with van der Waals surface area (Å²) in [5.41, 5.74) is 1.64. The highest BCUT2D eigenvalue weighted by Crippen LogP contribution is 2.32. The molecule has 1 aromatic heterocycles. The Hall–Kier alpha value is -3.63. The van der Waals surface area contributed by atoms with Gasteiger partial charge in [-0.05, 0) is 29.0 Å². The summed E-state index contributed by atoms with van der Waals surface area (Å²) in [7, 11) is 0. The molecule has 2 aliphatic heterocycles. The molecule has 1 aromatic carbocycles. The van der Waals surface area contributed by atoms with E-state index in [1.54, 1.807) is 18.2 Å². The molecule has 11 nitrogen and oxygen atoms in total. The van der Waals surface area contributed by atoms with Gasteiger partial charge >= 0.3 is 0 Å². The number of carbonyl (C=O) groups is 4. The number of benzene rings is 1. The van der Waals surface area contributed by atoms with Crippen molar-refractivity contribution < 1.29 is 19.2 Å². The summed E-state index contributed by atoms with van der Waals surface area (Å²) in [6.07, 6.45) is 2.07. The van der Waals surface area contributed by atoms with Crippen LogP contribution in [0.2, 0.25) is 0 Å². The summed E-state index contributed by atoms with van der Waals surface area (Å²) in [4.78, 5) is 50.0. The Kier molecular flexibility index (Phi) is 4.55. The van der Waals surface area contributed by atoms with Crippen LogP contribution in [0.4, 0.5) is 5.69 Å². The number of piperidine rings is 1. The molecule has 0 saturated carbocycles. The average molecular weight is 383 g/mol. The van der Waals surface area contributed by atoms with Crippen LogP contribution in [0.5, 0.6) is 0 Å². The molecule has 4 rings (SSSR count). The molecule has 3 heterocycles. The first-order valence-corrected chi connectivity index (χ1v) is 8.80. The normalized spacial score (nSPS) is 18.8. The number of hydrogen-bond donors (Lipinski definition) is 2. The van der Waals surface area contributed by atoms with Crippen molar-refractivity contribution in [2.24, 2.45) is 0 Å². The fourth-order valence-electron chi connectivity index (χ4n) is 3.41. The maximum atomic E-state index is 12.8. The summed E-state index contributed by atoms with van der Waals surface area (Å²) < 4.78 is 1.45. The van der Waals surface area contributed by atoms with Gasteiger partial charge < -0.3 is 10.2 Å². The Labute approximate surface area is 159 Å². The number of fused-ring (bicyclic) bond motifs is 1. The van der Waals surface area contributed by atoms with Crippen molar-refractivity contribution in [1.82, 2.24) is 30.4 Å². The lowest BCUT2D eigenvalue weighted by Crippen LogP contribution is -2.52. The van der Waals surface area contributed by atoms with Crippen molar-refractivity contribution in [2.45, 2.75) is 38.4 Å². The highest BCUT2D eigenvalue weighted by atomic mass is 16.2. The number of carbonyl (C=O) groups excluding carboxylic acids is 4. The van der Waals surface area contributed by atoms with Gasteiger partial charge in [0.2, 0.25) is 17.7 Å². The minimum absolute atomic E-state index is 0.166. The lowest BCUT2D eigenvalue weighted by Gasteiger charge is -2.29. The topological polar surface area (TPSA) is 139 Å². The molecular weight excluding hydrogens is 366 g/mol. The molecule has 4 amide bonds. The standard InChI is InChI=1S/C17H17N7O4/c25-14-5-4-13(16(27)20-14)24-8-11-10(17(24)28)2-1-3-12(11)19-15(26)6-7-23-9-18-21-22-23/h1-3,9,13H,4-8H2,(H,19,26)(H,20,25,27). The maximum absolute atomic E-state index is 12.8. The van der Waals surface area contributed by atoms with Crippen molar-refractivity contribution in [3.8, 4) is 0 Å². The van der Waals surface area contributed by atoms with Gasteiger partial charge in [-0.2, -0.15) is 0 Å². The number of rotatable bonds is 5. The van der Waals surface area contributed by atoms with Crippen LogP contribution >= 0.6 is 0 Å². The van der Waals surface area contributed by atoms with Gasteiger partial charge in [-0.3, -0.25) is 24.5 Å². The molecule has 0 spiro atoms. The number of imide groups is 1. The van der Waals surface area contributed by atoms with Crippen molar-refractivity contribution in [3.05, 3.63) is 35.7 Å². The third-order valence-corrected chi connectivity index (χ3v) is 4.82. The number of nitrogens with one attached hydrogen (secondary N) is 2. The molecular formula is C17H17N7O4. The van der Waals surface area contributed by atoms with Crippen LogP contribution in [-0.2, 0) is 27.5 Å². The van der Waals surface area contributed by atoms with Crippen molar-refractivity contribution >= 4 is 29.3 Å². The highest BCUT2D eigenvalue weighted by Gasteiger charge is 2.39. The molecule has 0 bridgehead atoms. The first kappa shape index (κ1) is 17.8. The van der Waals surface area contributed by atoms with E-state index in [2.05, 4.69) is 26.2 Å². The molecule has 2 aliphatic rings. The van der Waals surface area contributed by atoms with Crippen LogP contribution in [0.25, 0.3) is 0 Å². The summed E-state index contributed by atoms with van der Waals surface area (Å²) >= 11 is 0. The molecule has 1 unspecified atom stereocenters. The number of nitrogens with zero attached hydrogens (tertiary/aromatic N) is 5. The first-order chi connectivity index (χ1) is 13.5. The molecule has 1 saturated heterocycles. The van der Waals surface area contributed by atoms with Gasteiger partial charge in [-0.15, -0.1) is 5.10 Å². The Bertz CT molecular complexity index is 956. The molecule has 28 heavy (non-hydrogen) atoms. The largest absolute Gasteiger partial charge is 0.326 e. The molecule has 2 aromatic rings. The predicted molar refractivity (Wildman–Crippen MR) is 93.6 cm³/mol. The molecule has 11 heteroatoms. The summed E-state index contributed by atoms with van der Waals surface area (Å²) in [6.45, 7) is 0.527. The zero-order valence-electron chi connectivity index (χ0n) is 14.8. The molecule has 2 N–H and O–H groups in total. The van der Waals surface area contributed by atoms with Crippen LogP contribution in [0.3, 0.4) is 0 Å². The second kappa shape index (κ2) is 7.18. The van der Waals surface area contributed by atoms with Gasteiger partial charge in [0.05, 0.1) is 6.54 Å². The van der Waals surface area contributed by atoms with Gasteiger partial charge in [-0.25, -0.2) is 4.68 Å². The third kappa shape index (κ3) is 3.33. The monoisotopic (exact) mass is 383 g/mol. The lowest BCUT2D eigenvalue weighted by atomic mass is 10.0. The van der Waals surface area contributed by atoms with E-state index in [1.165, 1.54) is 15.9 Å². The number of aryl methyl sites for hydroxylation is 1. The van der Waals surface area contributed by atoms with Crippen molar-refractivity contribution in [1.29, 1.82) is 0 Å². The van der Waals surface area contributed by atoms with E-state index in [-0.39, 0.29) is 43.5 Å². The second-order valence-electron chi connectivity index (χ2n) is 6.60. The quantitative estimate of drug-likeness (QED) is 0.661. The number of anilines is 1. The van der Waals surface area contributed by atoms with Gasteiger partial charge in [0, 0.05) is 36.2 Å². The Morgan fingerprint density at radius 3 is 2.89 bits per heavy atom. The lowest BCUT2D eigenvalue weighted by molar-refractivity contribution is -0.137. The Morgan fingerprint density at radius 1 is 1.29 bits per heavy atom. The zero-order valence-corrected chi connectivity index (χ0v) is 14.8. The number of aromatic nitrogens is 4. The molecule has 0 radical (unpaired) electrons. The zero-order chi connectivity index (χ0) is 19.7. The van der Waals surface area contributed by atoms with Crippen LogP contribution in [-0.4, -0.2) is 54.8 Å². The maximum Gasteiger partial charge on any atom is 0.255 e. The highest BCUT2D eigenvalue weighted by molar-refractivity contribution is 6.06. The Balaban J connectivity index is 1.47. The number of hydrogen-bond acceptors (Lipinski definition) is 7. The van der Waals surface area contributed by atoms with Crippen LogP contribution in [0, 0.1) is 0 Å². The van der Waals surface area contributed by atoms with Gasteiger partial charge in [-0.1, -0.05) is 6.07 Å². The fraction of sp³-hybridized carbons (Fsp3) is 0.353. The van der Waals surface area contributed by atoms with E-state index < -0.39 is 11.9 Å². The minimum Gasteiger partial charge on any atom is -0.326 e. The molecule has 1 fully saturated rings. The molecule has 0 aliphatic carbocycles. The van der Waals surface area contributed by atoms with E-state index in [4.69, 9.17) is 0 Å². The minimum atomic E-state index is -0.694. The van der Waals surface area contributed by atoms with Crippen molar-refractivity contribution in [2.75, 3.05) is 5.32 Å². The van der Waals surface area contributed by atoms with Crippen molar-refractivity contribution in [3.63, 3.8) is 0 Å².